The summed E-state index contributed by atoms with van der Waals surface area (Å²) in [5, 5.41) is 0. The van der Waals surface area contributed by atoms with Gasteiger partial charge in [-0.05, 0) is 43.9 Å². The second-order valence-electron chi connectivity index (χ2n) is 7.14. The van der Waals surface area contributed by atoms with Gasteiger partial charge in [-0.15, -0.1) is 0 Å². The van der Waals surface area contributed by atoms with E-state index in [1.165, 1.54) is 25.7 Å². The molecule has 4 heteroatoms. The molecule has 2 bridgehead atoms. The maximum absolute atomic E-state index is 12.5. The van der Waals surface area contributed by atoms with Crippen LogP contribution in [0.5, 0.6) is 0 Å². The number of likely N-dealkylation sites (tertiary alicyclic amines) is 2. The van der Waals surface area contributed by atoms with Crippen molar-refractivity contribution in [3.8, 4) is 0 Å². The predicted octanol–water partition coefficient (Wildman–Crippen LogP) is 2.43. The zero-order valence-electron chi connectivity index (χ0n) is 13.1. The first-order chi connectivity index (χ1) is 10.2. The van der Waals surface area contributed by atoms with E-state index in [1.54, 1.807) is 0 Å². The fourth-order valence-corrected chi connectivity index (χ4v) is 4.30. The lowest BCUT2D eigenvalue weighted by atomic mass is 9.78. The van der Waals surface area contributed by atoms with Crippen molar-refractivity contribution in [2.75, 3.05) is 26.2 Å². The molecule has 0 radical (unpaired) electrons. The van der Waals surface area contributed by atoms with E-state index in [4.69, 9.17) is 0 Å². The van der Waals surface area contributed by atoms with Crippen LogP contribution in [0.1, 0.15) is 57.8 Å². The topological polar surface area (TPSA) is 40.6 Å². The molecule has 1 saturated carbocycles. The molecular formula is C17H28N2O2. The number of carbonyl (C=O) groups is 2. The average Bonchev–Trinajstić information content (AvgIpc) is 2.69. The molecule has 2 heterocycles. The van der Waals surface area contributed by atoms with E-state index in [9.17, 15) is 9.59 Å². The molecule has 0 aromatic rings. The van der Waals surface area contributed by atoms with E-state index in [0.29, 0.717) is 19.4 Å². The van der Waals surface area contributed by atoms with Gasteiger partial charge in [-0.25, -0.2) is 0 Å². The minimum atomic E-state index is 0.246. The molecule has 2 aliphatic heterocycles. The molecule has 3 rings (SSSR count). The highest BCUT2D eigenvalue weighted by molar-refractivity contribution is 5.79. The first kappa shape index (κ1) is 14.9. The van der Waals surface area contributed by atoms with Gasteiger partial charge in [-0.3, -0.25) is 9.59 Å². The number of hydrogen-bond donors (Lipinski definition) is 0. The molecule has 2 unspecified atom stereocenters. The Morgan fingerprint density at radius 1 is 1.05 bits per heavy atom. The van der Waals surface area contributed by atoms with E-state index >= 15 is 0 Å². The number of rotatable bonds is 3. The summed E-state index contributed by atoms with van der Waals surface area (Å²) in [5.74, 6) is 1.99. The first-order valence-corrected chi connectivity index (χ1v) is 8.78. The summed E-state index contributed by atoms with van der Waals surface area (Å²) in [7, 11) is 0. The Labute approximate surface area is 127 Å². The molecule has 118 valence electrons. The molecule has 1 aliphatic carbocycles. The summed E-state index contributed by atoms with van der Waals surface area (Å²) in [6.07, 6.45) is 9.70. The third-order valence-electron chi connectivity index (χ3n) is 5.47. The SMILES string of the molecule is O=C1CCCCCN1CCC(=O)N1CC2CCCC(C2)C1. The van der Waals surface area contributed by atoms with Crippen molar-refractivity contribution in [3.63, 3.8) is 0 Å². The number of amides is 2. The van der Waals surface area contributed by atoms with Gasteiger partial charge in [0.15, 0.2) is 0 Å². The Morgan fingerprint density at radius 3 is 2.57 bits per heavy atom. The Hall–Kier alpha value is -1.06. The second kappa shape index (κ2) is 6.80. The molecule has 3 fully saturated rings. The van der Waals surface area contributed by atoms with Crippen molar-refractivity contribution in [3.05, 3.63) is 0 Å². The summed E-state index contributed by atoms with van der Waals surface area (Å²) in [4.78, 5) is 28.4. The van der Waals surface area contributed by atoms with Crippen molar-refractivity contribution in [1.29, 1.82) is 0 Å². The minimum absolute atomic E-state index is 0.246. The van der Waals surface area contributed by atoms with E-state index in [-0.39, 0.29) is 11.8 Å². The molecule has 3 aliphatic rings. The number of piperidine rings is 1. The van der Waals surface area contributed by atoms with Gasteiger partial charge in [-0.1, -0.05) is 12.8 Å². The van der Waals surface area contributed by atoms with Gasteiger partial charge >= 0.3 is 0 Å². The van der Waals surface area contributed by atoms with Gasteiger partial charge in [0.2, 0.25) is 11.8 Å². The van der Waals surface area contributed by atoms with Crippen LogP contribution >= 0.6 is 0 Å². The number of hydrogen-bond acceptors (Lipinski definition) is 2. The Balaban J connectivity index is 1.48. The van der Waals surface area contributed by atoms with Crippen LogP contribution in [0.15, 0.2) is 0 Å². The molecular weight excluding hydrogens is 264 g/mol. The second-order valence-corrected chi connectivity index (χ2v) is 7.14. The maximum Gasteiger partial charge on any atom is 0.224 e. The predicted molar refractivity (Wildman–Crippen MR) is 81.7 cm³/mol. The Bertz CT molecular complexity index is 384. The van der Waals surface area contributed by atoms with Crippen LogP contribution in [0.3, 0.4) is 0 Å². The van der Waals surface area contributed by atoms with Crippen molar-refractivity contribution in [2.24, 2.45) is 11.8 Å². The van der Waals surface area contributed by atoms with Crippen LogP contribution in [0.4, 0.5) is 0 Å². The summed E-state index contributed by atoms with van der Waals surface area (Å²) in [5.41, 5.74) is 0. The molecule has 0 aromatic heterocycles. The van der Waals surface area contributed by atoms with Crippen LogP contribution in [0.25, 0.3) is 0 Å². The zero-order valence-corrected chi connectivity index (χ0v) is 13.1. The van der Waals surface area contributed by atoms with E-state index < -0.39 is 0 Å². The standard InChI is InChI=1S/C17H28N2O2/c20-16-7-2-1-3-9-18(16)10-8-17(21)19-12-14-5-4-6-15(11-14)13-19/h14-15H,1-13H2. The van der Waals surface area contributed by atoms with Crippen LogP contribution in [-0.4, -0.2) is 47.8 Å². The summed E-state index contributed by atoms with van der Waals surface area (Å²) >= 11 is 0. The van der Waals surface area contributed by atoms with Gasteiger partial charge in [-0.2, -0.15) is 0 Å². The Morgan fingerprint density at radius 2 is 1.81 bits per heavy atom. The smallest absolute Gasteiger partial charge is 0.224 e. The average molecular weight is 292 g/mol. The highest BCUT2D eigenvalue weighted by Gasteiger charge is 2.32. The lowest BCUT2D eigenvalue weighted by Crippen LogP contribution is -2.46. The van der Waals surface area contributed by atoms with E-state index in [1.807, 2.05) is 4.90 Å². The molecule has 21 heavy (non-hydrogen) atoms. The van der Waals surface area contributed by atoms with E-state index in [0.717, 1.165) is 50.7 Å². The largest absolute Gasteiger partial charge is 0.342 e. The van der Waals surface area contributed by atoms with Crippen molar-refractivity contribution in [1.82, 2.24) is 9.80 Å². The fraction of sp³-hybridized carbons (Fsp3) is 0.882. The normalized spacial score (nSPS) is 30.2. The van der Waals surface area contributed by atoms with Gasteiger partial charge < -0.3 is 9.80 Å². The molecule has 2 saturated heterocycles. The fourth-order valence-electron chi connectivity index (χ4n) is 4.30. The van der Waals surface area contributed by atoms with Crippen molar-refractivity contribution < 1.29 is 9.59 Å². The third kappa shape index (κ3) is 3.78. The molecule has 4 nitrogen and oxygen atoms in total. The Kier molecular flexibility index (Phi) is 4.81. The molecule has 2 atom stereocenters. The summed E-state index contributed by atoms with van der Waals surface area (Å²) in [6.45, 7) is 3.40. The van der Waals surface area contributed by atoms with Gasteiger partial charge in [0.05, 0.1) is 0 Å². The van der Waals surface area contributed by atoms with Crippen molar-refractivity contribution >= 4 is 11.8 Å². The maximum atomic E-state index is 12.5. The first-order valence-electron chi connectivity index (χ1n) is 8.78. The van der Waals surface area contributed by atoms with Gasteiger partial charge in [0.1, 0.15) is 0 Å². The molecule has 0 N–H and O–H groups in total. The zero-order chi connectivity index (χ0) is 14.7. The quantitative estimate of drug-likeness (QED) is 0.801. The van der Waals surface area contributed by atoms with E-state index in [2.05, 4.69) is 4.90 Å². The summed E-state index contributed by atoms with van der Waals surface area (Å²) < 4.78 is 0. The van der Waals surface area contributed by atoms with Crippen LogP contribution in [0.2, 0.25) is 0 Å². The number of carbonyl (C=O) groups excluding carboxylic acids is 2. The number of fused-ring (bicyclic) bond motifs is 2. The lowest BCUT2D eigenvalue weighted by Gasteiger charge is -2.41. The minimum Gasteiger partial charge on any atom is -0.342 e. The highest BCUT2D eigenvalue weighted by Crippen LogP contribution is 2.34. The molecule has 0 aromatic carbocycles. The third-order valence-corrected chi connectivity index (χ3v) is 5.47. The van der Waals surface area contributed by atoms with Gasteiger partial charge in [0, 0.05) is 39.0 Å². The van der Waals surface area contributed by atoms with Crippen LogP contribution < -0.4 is 0 Å². The monoisotopic (exact) mass is 292 g/mol. The number of nitrogens with zero attached hydrogens (tertiary/aromatic N) is 2. The lowest BCUT2D eigenvalue weighted by molar-refractivity contribution is -0.136. The van der Waals surface area contributed by atoms with Gasteiger partial charge in [0.25, 0.3) is 0 Å². The summed E-state index contributed by atoms with van der Waals surface area (Å²) in [6, 6.07) is 0. The van der Waals surface area contributed by atoms with Crippen LogP contribution in [0, 0.1) is 11.8 Å². The molecule has 0 spiro atoms. The van der Waals surface area contributed by atoms with Crippen LogP contribution in [-0.2, 0) is 9.59 Å². The molecule has 2 amide bonds. The highest BCUT2D eigenvalue weighted by atomic mass is 16.2. The van der Waals surface area contributed by atoms with Crippen molar-refractivity contribution in [2.45, 2.75) is 57.8 Å².